The van der Waals surface area contributed by atoms with Gasteiger partial charge in [-0.2, -0.15) is 0 Å². The molecule has 0 radical (unpaired) electrons. The van der Waals surface area contributed by atoms with E-state index in [2.05, 4.69) is 27.5 Å². The van der Waals surface area contributed by atoms with Crippen LogP contribution in [0.5, 0.6) is 0 Å². The molecule has 1 aromatic heterocycles. The Morgan fingerprint density at radius 1 is 1.36 bits per heavy atom. The zero-order valence-corrected chi connectivity index (χ0v) is 17.1. The van der Waals surface area contributed by atoms with Gasteiger partial charge in [-0.1, -0.05) is 25.1 Å². The van der Waals surface area contributed by atoms with Crippen molar-refractivity contribution >= 4 is 48.2 Å². The lowest BCUT2D eigenvalue weighted by Crippen LogP contribution is -2.41. The van der Waals surface area contributed by atoms with E-state index < -0.39 is 0 Å². The summed E-state index contributed by atoms with van der Waals surface area (Å²) in [6, 6.07) is 2.12. The summed E-state index contributed by atoms with van der Waals surface area (Å²) in [5.74, 6) is 2.37. The zero-order chi connectivity index (χ0) is 16.1. The van der Waals surface area contributed by atoms with Crippen molar-refractivity contribution in [2.75, 3.05) is 36.5 Å². The molecule has 3 rings (SSSR count). The lowest BCUT2D eigenvalue weighted by atomic mass is 9.88. The van der Waals surface area contributed by atoms with Crippen LogP contribution in [-0.4, -0.2) is 47.1 Å². The molecular weight excluding hydrogens is 381 g/mol. The number of ether oxygens (including phenoxy) is 1. The first-order chi connectivity index (χ1) is 11.2. The van der Waals surface area contributed by atoms with Crippen LogP contribution in [0.3, 0.4) is 0 Å². The smallest absolute Gasteiger partial charge is 0.191 e. The van der Waals surface area contributed by atoms with Crippen molar-refractivity contribution in [2.24, 2.45) is 0 Å². The van der Waals surface area contributed by atoms with Crippen molar-refractivity contribution in [1.82, 2.24) is 15.3 Å². The van der Waals surface area contributed by atoms with E-state index in [0.717, 1.165) is 55.7 Å². The maximum Gasteiger partial charge on any atom is 0.191 e. The van der Waals surface area contributed by atoms with Gasteiger partial charge in [0.2, 0.25) is 0 Å². The lowest BCUT2D eigenvalue weighted by molar-refractivity contribution is -0.0192. The van der Waals surface area contributed by atoms with Crippen molar-refractivity contribution in [3.8, 4) is 0 Å². The van der Waals surface area contributed by atoms with Gasteiger partial charge >= 0.3 is 0 Å². The Balaban J connectivity index is 0.00000156. The number of aromatic nitrogens is 2. The Morgan fingerprint density at radius 2 is 2.12 bits per heavy atom. The molecule has 1 unspecified atom stereocenters. The fourth-order valence-electron chi connectivity index (χ4n) is 3.27. The average molecular weight is 410 g/mol. The van der Waals surface area contributed by atoms with E-state index in [1.54, 1.807) is 11.8 Å². The fourth-order valence-corrected chi connectivity index (χ4v) is 4.21. The van der Waals surface area contributed by atoms with E-state index >= 15 is 0 Å². The number of hydrogen-bond acceptors (Lipinski definition) is 7. The number of nitrogen functional groups attached to an aromatic ring is 1. The molecule has 9 heteroatoms. The Hall–Kier alpha value is -0.470. The number of nitrogens with one attached hydrogen (secondary N) is 2. The maximum atomic E-state index is 6.12. The highest BCUT2D eigenvalue weighted by Gasteiger charge is 2.41. The molecule has 2 aliphatic rings. The molecule has 1 spiro atoms. The van der Waals surface area contributed by atoms with Crippen LogP contribution in [0.4, 0.5) is 11.6 Å². The zero-order valence-electron chi connectivity index (χ0n) is 14.6. The Labute approximate surface area is 166 Å². The SMILES string of the molecule is CCCCSc1nc(N)cc(NC2COC3(CCNCC3)C2)n1.Cl.Cl. The molecular formula is C16H29Cl2N5OS. The number of thioether (sulfide) groups is 1. The van der Waals surface area contributed by atoms with Crippen molar-refractivity contribution < 1.29 is 4.74 Å². The van der Waals surface area contributed by atoms with Gasteiger partial charge in [-0.15, -0.1) is 24.8 Å². The fraction of sp³-hybridized carbons (Fsp3) is 0.750. The van der Waals surface area contributed by atoms with Crippen LogP contribution in [0.25, 0.3) is 0 Å². The van der Waals surface area contributed by atoms with Gasteiger partial charge in [0, 0.05) is 11.8 Å². The van der Waals surface area contributed by atoms with Crippen LogP contribution < -0.4 is 16.4 Å². The van der Waals surface area contributed by atoms with Crippen LogP contribution in [-0.2, 0) is 4.74 Å². The second kappa shape index (κ2) is 10.6. The van der Waals surface area contributed by atoms with Gasteiger partial charge in [0.1, 0.15) is 11.6 Å². The van der Waals surface area contributed by atoms with Crippen molar-refractivity contribution in [2.45, 2.75) is 55.8 Å². The number of halogens is 2. The molecule has 0 aliphatic carbocycles. The van der Waals surface area contributed by atoms with E-state index in [1.807, 2.05) is 6.07 Å². The topological polar surface area (TPSA) is 85.1 Å². The molecule has 0 aromatic carbocycles. The van der Waals surface area contributed by atoms with Crippen molar-refractivity contribution in [3.05, 3.63) is 6.07 Å². The van der Waals surface area contributed by atoms with E-state index in [-0.39, 0.29) is 30.4 Å². The average Bonchev–Trinajstić information content (AvgIpc) is 2.90. The number of unbranched alkanes of at least 4 members (excludes halogenated alkanes) is 1. The van der Waals surface area contributed by atoms with Gasteiger partial charge in [0.05, 0.1) is 18.2 Å². The minimum absolute atomic E-state index is 0. The maximum absolute atomic E-state index is 6.12. The van der Waals surface area contributed by atoms with Crippen molar-refractivity contribution in [3.63, 3.8) is 0 Å². The molecule has 2 fully saturated rings. The molecule has 0 amide bonds. The second-order valence-corrected chi connectivity index (χ2v) is 7.51. The molecule has 2 saturated heterocycles. The molecule has 1 aromatic rings. The summed E-state index contributed by atoms with van der Waals surface area (Å²) in [4.78, 5) is 8.91. The first kappa shape index (κ1) is 22.6. The summed E-state index contributed by atoms with van der Waals surface area (Å²) in [5, 5.41) is 7.65. The van der Waals surface area contributed by atoms with E-state index in [9.17, 15) is 0 Å². The van der Waals surface area contributed by atoms with Crippen LogP contribution in [0.1, 0.15) is 39.0 Å². The summed E-state index contributed by atoms with van der Waals surface area (Å²) in [7, 11) is 0. The third-order valence-electron chi connectivity index (χ3n) is 4.53. The minimum atomic E-state index is 0. The molecule has 4 N–H and O–H groups in total. The summed E-state index contributed by atoms with van der Waals surface area (Å²) in [6.45, 7) is 5.02. The standard InChI is InChI=1S/C16H27N5OS.2ClH/c1-2-3-8-23-15-20-13(17)9-14(21-15)19-12-10-16(22-11-12)4-6-18-7-5-16;;/h9,12,18H,2-8,10-11H2,1H3,(H3,17,19,20,21);2*1H. The van der Waals surface area contributed by atoms with Gasteiger partial charge in [-0.3, -0.25) is 0 Å². The quantitative estimate of drug-likeness (QED) is 0.377. The minimum Gasteiger partial charge on any atom is -0.383 e. The molecule has 144 valence electrons. The van der Waals surface area contributed by atoms with Gasteiger partial charge in [-0.25, -0.2) is 9.97 Å². The number of hydrogen-bond donors (Lipinski definition) is 3. The number of nitrogens with two attached hydrogens (primary N) is 1. The largest absolute Gasteiger partial charge is 0.383 e. The predicted octanol–water partition coefficient (Wildman–Crippen LogP) is 3.12. The highest BCUT2D eigenvalue weighted by Crippen LogP contribution is 2.35. The normalized spacial score (nSPS) is 21.4. The number of nitrogens with zero attached hydrogens (tertiary/aromatic N) is 2. The van der Waals surface area contributed by atoms with Gasteiger partial charge in [0.25, 0.3) is 0 Å². The Bertz CT molecular complexity index is 531. The van der Waals surface area contributed by atoms with Crippen LogP contribution in [0.15, 0.2) is 11.2 Å². The summed E-state index contributed by atoms with van der Waals surface area (Å²) >= 11 is 1.67. The molecule has 3 heterocycles. The number of rotatable bonds is 6. The third kappa shape index (κ3) is 6.32. The summed E-state index contributed by atoms with van der Waals surface area (Å²) in [5.41, 5.74) is 5.99. The van der Waals surface area contributed by atoms with Crippen LogP contribution in [0.2, 0.25) is 0 Å². The first-order valence-electron chi connectivity index (χ1n) is 8.58. The number of piperidine rings is 1. The number of anilines is 2. The van der Waals surface area contributed by atoms with E-state index in [4.69, 9.17) is 10.5 Å². The Morgan fingerprint density at radius 3 is 2.84 bits per heavy atom. The highest BCUT2D eigenvalue weighted by atomic mass is 35.5. The second-order valence-electron chi connectivity index (χ2n) is 6.45. The monoisotopic (exact) mass is 409 g/mol. The summed E-state index contributed by atoms with van der Waals surface area (Å²) < 4.78 is 6.12. The molecule has 6 nitrogen and oxygen atoms in total. The predicted molar refractivity (Wildman–Crippen MR) is 109 cm³/mol. The molecule has 0 saturated carbocycles. The Kier molecular flexibility index (Phi) is 9.59. The highest BCUT2D eigenvalue weighted by molar-refractivity contribution is 7.99. The van der Waals surface area contributed by atoms with E-state index in [1.165, 1.54) is 12.8 Å². The molecule has 25 heavy (non-hydrogen) atoms. The summed E-state index contributed by atoms with van der Waals surface area (Å²) in [6.07, 6.45) is 5.57. The van der Waals surface area contributed by atoms with Crippen molar-refractivity contribution in [1.29, 1.82) is 0 Å². The third-order valence-corrected chi connectivity index (χ3v) is 5.46. The molecule has 0 bridgehead atoms. The van der Waals surface area contributed by atoms with Crippen LogP contribution >= 0.6 is 36.6 Å². The van der Waals surface area contributed by atoms with Crippen LogP contribution in [0, 0.1) is 0 Å². The van der Waals surface area contributed by atoms with Gasteiger partial charge < -0.3 is 21.1 Å². The van der Waals surface area contributed by atoms with Gasteiger partial charge in [-0.05, 0) is 38.8 Å². The lowest BCUT2D eigenvalue weighted by Gasteiger charge is -2.32. The molecule has 2 aliphatic heterocycles. The first-order valence-corrected chi connectivity index (χ1v) is 9.56. The van der Waals surface area contributed by atoms with E-state index in [0.29, 0.717) is 11.9 Å². The molecule has 1 atom stereocenters. The van der Waals surface area contributed by atoms with Gasteiger partial charge in [0.15, 0.2) is 5.16 Å².